The molecule has 1 aromatic carbocycles. The fourth-order valence-electron chi connectivity index (χ4n) is 1.51. The lowest BCUT2D eigenvalue weighted by Crippen LogP contribution is -2.32. The molecule has 0 spiro atoms. The van der Waals surface area contributed by atoms with Gasteiger partial charge in [0.2, 0.25) is 0 Å². The van der Waals surface area contributed by atoms with Crippen LogP contribution < -0.4 is 4.74 Å². The van der Waals surface area contributed by atoms with Gasteiger partial charge in [0.15, 0.2) is 0 Å². The average molecular weight is 254 g/mol. The minimum atomic E-state index is -0.691. The molecule has 0 aliphatic rings. The van der Waals surface area contributed by atoms with Crippen LogP contribution in [0, 0.1) is 5.82 Å². The molecule has 100 valence electrons. The second-order valence-corrected chi connectivity index (χ2v) is 5.03. The summed E-state index contributed by atoms with van der Waals surface area (Å²) in [5.41, 5.74) is -0.691. The first kappa shape index (κ1) is 14.5. The van der Waals surface area contributed by atoms with E-state index in [0.29, 0.717) is 5.75 Å². The van der Waals surface area contributed by atoms with Crippen LogP contribution in [0.3, 0.4) is 0 Å². The Bertz CT molecular complexity index is 396. The summed E-state index contributed by atoms with van der Waals surface area (Å²) in [5, 5.41) is 0. The molecule has 0 saturated carbocycles. The largest absolute Gasteiger partial charge is 0.487 e. The number of carbonyl (C=O) groups excluding carboxylic acids is 1. The van der Waals surface area contributed by atoms with Crippen molar-refractivity contribution in [1.29, 1.82) is 0 Å². The summed E-state index contributed by atoms with van der Waals surface area (Å²) in [4.78, 5) is 11.6. The number of carbonyl (C=O) groups is 1. The maximum atomic E-state index is 12.7. The zero-order chi connectivity index (χ0) is 13.8. The van der Waals surface area contributed by atoms with Crippen LogP contribution in [-0.4, -0.2) is 17.7 Å². The van der Waals surface area contributed by atoms with Crippen molar-refractivity contribution in [3.8, 4) is 5.75 Å². The Balaban J connectivity index is 2.58. The first-order valence-electron chi connectivity index (χ1n) is 5.92. The van der Waals surface area contributed by atoms with Gasteiger partial charge in [-0.25, -0.2) is 4.39 Å². The molecule has 0 unspecified atom stereocenters. The lowest BCUT2D eigenvalue weighted by Gasteiger charge is -2.26. The minimum absolute atomic E-state index is 0.140. The monoisotopic (exact) mass is 254 g/mol. The van der Waals surface area contributed by atoms with Crippen molar-refractivity contribution in [3.63, 3.8) is 0 Å². The molecule has 0 aliphatic carbocycles. The fraction of sp³-hybridized carbons (Fsp3) is 0.500. The number of hydrogen-bond acceptors (Lipinski definition) is 3. The van der Waals surface area contributed by atoms with Crippen molar-refractivity contribution in [2.24, 2.45) is 0 Å². The van der Waals surface area contributed by atoms with E-state index in [-0.39, 0.29) is 24.3 Å². The first-order valence-corrected chi connectivity index (χ1v) is 5.92. The molecule has 0 heterocycles. The summed E-state index contributed by atoms with van der Waals surface area (Å²) >= 11 is 0. The van der Waals surface area contributed by atoms with E-state index >= 15 is 0 Å². The maximum absolute atomic E-state index is 12.7. The third kappa shape index (κ3) is 5.17. The Kier molecular flexibility index (Phi) is 4.70. The Morgan fingerprint density at radius 1 is 1.28 bits per heavy atom. The predicted molar refractivity (Wildman–Crippen MR) is 67.0 cm³/mol. The maximum Gasteiger partial charge on any atom is 0.310 e. The van der Waals surface area contributed by atoms with E-state index in [0.717, 1.165) is 0 Å². The number of rotatable bonds is 5. The van der Waals surface area contributed by atoms with Gasteiger partial charge in [-0.15, -0.1) is 0 Å². The smallest absolute Gasteiger partial charge is 0.310 e. The number of hydrogen-bond donors (Lipinski definition) is 0. The molecule has 0 fully saturated rings. The van der Waals surface area contributed by atoms with Gasteiger partial charge in [-0.2, -0.15) is 0 Å². The van der Waals surface area contributed by atoms with Gasteiger partial charge in [-0.3, -0.25) is 4.79 Å². The van der Waals surface area contributed by atoms with Crippen LogP contribution in [0.2, 0.25) is 0 Å². The normalized spacial score (nSPS) is 11.4. The SMILES string of the molecule is CC(C)OC(=O)CC(C)(C)Oc1ccc(F)cc1. The standard InChI is InChI=1S/C14H19FO3/c1-10(2)17-13(16)9-14(3,4)18-12-7-5-11(15)6-8-12/h5-8,10H,9H2,1-4H3. The van der Waals surface area contributed by atoms with Crippen LogP contribution in [0.1, 0.15) is 34.1 Å². The van der Waals surface area contributed by atoms with E-state index in [2.05, 4.69) is 0 Å². The second kappa shape index (κ2) is 5.85. The highest BCUT2D eigenvalue weighted by Crippen LogP contribution is 2.21. The molecule has 0 aliphatic heterocycles. The van der Waals surface area contributed by atoms with Crippen LogP contribution in [0.25, 0.3) is 0 Å². The quantitative estimate of drug-likeness (QED) is 0.756. The number of esters is 1. The molecule has 0 atom stereocenters. The van der Waals surface area contributed by atoms with Gasteiger partial charge in [0.1, 0.15) is 17.2 Å². The van der Waals surface area contributed by atoms with Crippen molar-refractivity contribution in [3.05, 3.63) is 30.1 Å². The second-order valence-electron chi connectivity index (χ2n) is 5.03. The molecule has 1 aromatic rings. The molecule has 0 N–H and O–H groups in total. The molecule has 0 amide bonds. The summed E-state index contributed by atoms with van der Waals surface area (Å²) < 4.78 is 23.4. The van der Waals surface area contributed by atoms with Gasteiger partial charge in [-0.1, -0.05) is 0 Å². The Morgan fingerprint density at radius 2 is 1.83 bits per heavy atom. The van der Waals surface area contributed by atoms with Crippen molar-refractivity contribution < 1.29 is 18.7 Å². The van der Waals surface area contributed by atoms with Crippen LogP contribution in [0.4, 0.5) is 4.39 Å². The third-order valence-electron chi connectivity index (χ3n) is 2.14. The van der Waals surface area contributed by atoms with Crippen molar-refractivity contribution in [2.75, 3.05) is 0 Å². The van der Waals surface area contributed by atoms with Crippen molar-refractivity contribution >= 4 is 5.97 Å². The third-order valence-corrected chi connectivity index (χ3v) is 2.14. The minimum Gasteiger partial charge on any atom is -0.487 e. The van der Waals surface area contributed by atoms with Crippen molar-refractivity contribution in [1.82, 2.24) is 0 Å². The summed E-state index contributed by atoms with van der Waals surface area (Å²) in [6.07, 6.45) is 0.00172. The molecular weight excluding hydrogens is 235 g/mol. The molecule has 0 aromatic heterocycles. The number of ether oxygens (including phenoxy) is 2. The van der Waals surface area contributed by atoms with Gasteiger partial charge in [0.05, 0.1) is 12.5 Å². The lowest BCUT2D eigenvalue weighted by atomic mass is 10.1. The molecular formula is C14H19FO3. The summed E-state index contributed by atoms with van der Waals surface area (Å²) in [6, 6.07) is 5.70. The van der Waals surface area contributed by atoms with Gasteiger partial charge < -0.3 is 9.47 Å². The Labute approximate surface area is 107 Å². The van der Waals surface area contributed by atoms with Crippen LogP contribution in [0.15, 0.2) is 24.3 Å². The predicted octanol–water partition coefficient (Wildman–Crippen LogP) is 3.32. The Morgan fingerprint density at radius 3 is 2.33 bits per heavy atom. The Hall–Kier alpha value is -1.58. The highest BCUT2D eigenvalue weighted by atomic mass is 19.1. The molecule has 3 nitrogen and oxygen atoms in total. The molecule has 0 saturated heterocycles. The van der Waals surface area contributed by atoms with E-state index in [1.807, 2.05) is 0 Å². The summed E-state index contributed by atoms with van der Waals surface area (Å²) in [5.74, 6) is -0.102. The average Bonchev–Trinajstić information content (AvgIpc) is 2.18. The van der Waals surface area contributed by atoms with E-state index in [4.69, 9.17) is 9.47 Å². The summed E-state index contributed by atoms with van der Waals surface area (Å²) in [7, 11) is 0. The van der Waals surface area contributed by atoms with Crippen LogP contribution in [0.5, 0.6) is 5.75 Å². The van der Waals surface area contributed by atoms with E-state index in [1.165, 1.54) is 24.3 Å². The highest BCUT2D eigenvalue weighted by Gasteiger charge is 2.25. The molecule has 0 radical (unpaired) electrons. The van der Waals surface area contributed by atoms with Gasteiger partial charge in [-0.05, 0) is 52.0 Å². The first-order chi connectivity index (χ1) is 8.28. The zero-order valence-electron chi connectivity index (χ0n) is 11.2. The van der Waals surface area contributed by atoms with E-state index < -0.39 is 5.60 Å². The van der Waals surface area contributed by atoms with Gasteiger partial charge in [0, 0.05) is 0 Å². The fourth-order valence-corrected chi connectivity index (χ4v) is 1.51. The van der Waals surface area contributed by atoms with E-state index in [1.54, 1.807) is 27.7 Å². The molecule has 18 heavy (non-hydrogen) atoms. The molecule has 1 rings (SSSR count). The van der Waals surface area contributed by atoms with Crippen LogP contribution >= 0.6 is 0 Å². The van der Waals surface area contributed by atoms with Gasteiger partial charge in [0.25, 0.3) is 0 Å². The number of benzene rings is 1. The zero-order valence-corrected chi connectivity index (χ0v) is 11.2. The molecule has 0 bridgehead atoms. The lowest BCUT2D eigenvalue weighted by molar-refractivity contribution is -0.151. The van der Waals surface area contributed by atoms with E-state index in [9.17, 15) is 9.18 Å². The van der Waals surface area contributed by atoms with Crippen LogP contribution in [-0.2, 0) is 9.53 Å². The molecule has 4 heteroatoms. The highest BCUT2D eigenvalue weighted by molar-refractivity contribution is 5.70. The number of halogens is 1. The van der Waals surface area contributed by atoms with Gasteiger partial charge >= 0.3 is 5.97 Å². The summed E-state index contributed by atoms with van der Waals surface area (Å²) in [6.45, 7) is 7.17. The van der Waals surface area contributed by atoms with Crippen molar-refractivity contribution in [2.45, 2.75) is 45.8 Å². The topological polar surface area (TPSA) is 35.5 Å².